The van der Waals surface area contributed by atoms with Crippen LogP contribution in [0.5, 0.6) is 0 Å². The van der Waals surface area contributed by atoms with Crippen molar-refractivity contribution in [1.82, 2.24) is 0 Å². The number of hydrogen-bond donors (Lipinski definition) is 0. The minimum absolute atomic E-state index is 0.419. The van der Waals surface area contributed by atoms with E-state index < -0.39 is 9.84 Å². The fourth-order valence-electron chi connectivity index (χ4n) is 1.08. The predicted octanol–water partition coefficient (Wildman–Crippen LogP) is 2.53. The van der Waals surface area contributed by atoms with Crippen molar-refractivity contribution >= 4 is 33.4 Å². The van der Waals surface area contributed by atoms with Gasteiger partial charge in [0, 0.05) is 16.0 Å². The van der Waals surface area contributed by atoms with Gasteiger partial charge in [-0.15, -0.1) is 23.5 Å². The van der Waals surface area contributed by atoms with Crippen molar-refractivity contribution < 1.29 is 8.42 Å². The molecule has 0 heterocycles. The molecule has 0 unspecified atom stereocenters. The highest BCUT2D eigenvalue weighted by molar-refractivity contribution is 8.00. The van der Waals surface area contributed by atoms with Crippen LogP contribution in [0.25, 0.3) is 0 Å². The van der Waals surface area contributed by atoms with Crippen LogP contribution in [0.2, 0.25) is 0 Å². The van der Waals surface area contributed by atoms with Crippen LogP contribution in [0, 0.1) is 0 Å². The summed E-state index contributed by atoms with van der Waals surface area (Å²) < 4.78 is 22.8. The van der Waals surface area contributed by atoms with Gasteiger partial charge >= 0.3 is 0 Å². The second-order valence-corrected chi connectivity index (χ2v) is 6.50. The molecule has 0 radical (unpaired) electrons. The Kier molecular flexibility index (Phi) is 3.92. The number of benzene rings is 1. The third-order valence-corrected chi connectivity index (χ3v) is 4.56. The lowest BCUT2D eigenvalue weighted by molar-refractivity contribution is 0.600. The second kappa shape index (κ2) is 4.59. The van der Waals surface area contributed by atoms with E-state index in [9.17, 15) is 8.42 Å². The van der Waals surface area contributed by atoms with E-state index in [-0.39, 0.29) is 0 Å². The van der Waals surface area contributed by atoms with Crippen LogP contribution in [0.1, 0.15) is 0 Å². The van der Waals surface area contributed by atoms with Gasteiger partial charge in [0.15, 0.2) is 9.84 Å². The summed E-state index contributed by atoms with van der Waals surface area (Å²) in [6, 6.07) is 5.42. The zero-order valence-electron chi connectivity index (χ0n) is 8.27. The van der Waals surface area contributed by atoms with E-state index in [4.69, 9.17) is 0 Å². The van der Waals surface area contributed by atoms with Crippen molar-refractivity contribution in [3.63, 3.8) is 0 Å². The summed E-state index contributed by atoms with van der Waals surface area (Å²) in [5.41, 5.74) is 0. The molecule has 0 aliphatic carbocycles. The van der Waals surface area contributed by atoms with Gasteiger partial charge in [-0.3, -0.25) is 0 Å². The summed E-state index contributed by atoms with van der Waals surface area (Å²) in [4.78, 5) is 2.32. The van der Waals surface area contributed by atoms with Crippen LogP contribution >= 0.6 is 23.5 Å². The van der Waals surface area contributed by atoms with E-state index in [0.29, 0.717) is 4.90 Å². The van der Waals surface area contributed by atoms with E-state index >= 15 is 0 Å². The highest BCUT2D eigenvalue weighted by Crippen LogP contribution is 2.28. The minimum Gasteiger partial charge on any atom is -0.224 e. The summed E-state index contributed by atoms with van der Waals surface area (Å²) in [7, 11) is -3.10. The first-order valence-electron chi connectivity index (χ1n) is 3.91. The molecule has 14 heavy (non-hydrogen) atoms. The smallest absolute Gasteiger partial charge is 0.176 e. The largest absolute Gasteiger partial charge is 0.224 e. The Bertz CT molecular complexity index is 424. The van der Waals surface area contributed by atoms with Crippen LogP contribution < -0.4 is 0 Å². The standard InChI is InChI=1S/C9H12O2S3/c1-12-7-4-5-9(14(3,10)11)8(6-7)13-2/h4-6H,1-3H3. The molecule has 0 saturated carbocycles. The summed E-state index contributed by atoms with van der Waals surface area (Å²) in [6.45, 7) is 0. The maximum Gasteiger partial charge on any atom is 0.176 e. The number of rotatable bonds is 3. The molecule has 0 fully saturated rings. The van der Waals surface area contributed by atoms with Crippen molar-refractivity contribution in [3.8, 4) is 0 Å². The molecule has 0 spiro atoms. The van der Waals surface area contributed by atoms with Crippen molar-refractivity contribution in [2.45, 2.75) is 14.7 Å². The van der Waals surface area contributed by atoms with Gasteiger partial charge in [-0.25, -0.2) is 8.42 Å². The molecule has 2 nitrogen and oxygen atoms in total. The maximum absolute atomic E-state index is 11.4. The molecule has 78 valence electrons. The van der Waals surface area contributed by atoms with Crippen molar-refractivity contribution in [1.29, 1.82) is 0 Å². The Morgan fingerprint density at radius 1 is 1.14 bits per heavy atom. The first-order chi connectivity index (χ1) is 6.49. The highest BCUT2D eigenvalue weighted by Gasteiger charge is 2.12. The van der Waals surface area contributed by atoms with E-state index in [2.05, 4.69) is 0 Å². The molecule has 0 bridgehead atoms. The van der Waals surface area contributed by atoms with Gasteiger partial charge < -0.3 is 0 Å². The number of thioether (sulfide) groups is 2. The molecule has 1 aromatic rings. The summed E-state index contributed by atoms with van der Waals surface area (Å²) in [6.07, 6.45) is 5.09. The molecule has 0 amide bonds. The summed E-state index contributed by atoms with van der Waals surface area (Å²) in [5.74, 6) is 0. The first-order valence-corrected chi connectivity index (χ1v) is 8.25. The topological polar surface area (TPSA) is 34.1 Å². The average Bonchev–Trinajstić information content (AvgIpc) is 2.15. The predicted molar refractivity (Wildman–Crippen MR) is 63.1 cm³/mol. The molecule has 0 aromatic heterocycles. The van der Waals surface area contributed by atoms with Crippen molar-refractivity contribution in [2.75, 3.05) is 18.8 Å². The summed E-state index contributed by atoms with van der Waals surface area (Å²) in [5, 5.41) is 0. The van der Waals surface area contributed by atoms with Gasteiger partial charge in [0.25, 0.3) is 0 Å². The third-order valence-electron chi connectivity index (χ3n) is 1.77. The number of hydrogen-bond acceptors (Lipinski definition) is 4. The van der Waals surface area contributed by atoms with Crippen molar-refractivity contribution in [3.05, 3.63) is 18.2 Å². The molecule has 0 saturated heterocycles. The minimum atomic E-state index is -3.10. The van der Waals surface area contributed by atoms with Gasteiger partial charge in [-0.1, -0.05) is 0 Å². The zero-order chi connectivity index (χ0) is 10.8. The van der Waals surface area contributed by atoms with Crippen LogP contribution in [0.3, 0.4) is 0 Å². The monoisotopic (exact) mass is 248 g/mol. The van der Waals surface area contributed by atoms with E-state index in [1.54, 1.807) is 17.8 Å². The first kappa shape index (κ1) is 11.9. The van der Waals surface area contributed by atoms with Crippen LogP contribution in [-0.4, -0.2) is 27.2 Å². The SMILES string of the molecule is CSc1ccc(S(C)(=O)=O)c(SC)c1. The molecule has 0 N–H and O–H groups in total. The summed E-state index contributed by atoms with van der Waals surface area (Å²) >= 11 is 3.07. The maximum atomic E-state index is 11.4. The van der Waals surface area contributed by atoms with Gasteiger partial charge in [0.05, 0.1) is 4.90 Å². The molecule has 0 aliphatic rings. The Morgan fingerprint density at radius 2 is 1.79 bits per heavy atom. The van der Waals surface area contributed by atoms with Crippen LogP contribution in [0.4, 0.5) is 0 Å². The molecule has 1 aromatic carbocycles. The van der Waals surface area contributed by atoms with E-state index in [1.807, 2.05) is 24.6 Å². The molecule has 0 aliphatic heterocycles. The van der Waals surface area contributed by atoms with Crippen LogP contribution in [-0.2, 0) is 9.84 Å². The van der Waals surface area contributed by atoms with E-state index in [1.165, 1.54) is 18.0 Å². The Morgan fingerprint density at radius 3 is 2.21 bits per heavy atom. The fraction of sp³-hybridized carbons (Fsp3) is 0.333. The Hall–Kier alpha value is -0.130. The van der Waals surface area contributed by atoms with Gasteiger partial charge in [-0.05, 0) is 30.7 Å². The average molecular weight is 248 g/mol. The zero-order valence-corrected chi connectivity index (χ0v) is 10.7. The highest BCUT2D eigenvalue weighted by atomic mass is 32.2. The van der Waals surface area contributed by atoms with Crippen molar-refractivity contribution in [2.24, 2.45) is 0 Å². The molecule has 5 heteroatoms. The Balaban J connectivity index is 3.33. The lowest BCUT2D eigenvalue weighted by Gasteiger charge is -2.06. The normalized spacial score (nSPS) is 11.6. The van der Waals surface area contributed by atoms with E-state index in [0.717, 1.165) is 9.79 Å². The second-order valence-electron chi connectivity index (χ2n) is 2.79. The molecule has 0 atom stereocenters. The quantitative estimate of drug-likeness (QED) is 0.770. The lowest BCUT2D eigenvalue weighted by atomic mass is 10.4. The van der Waals surface area contributed by atoms with Gasteiger partial charge in [0.1, 0.15) is 0 Å². The Labute approximate surface area is 93.4 Å². The van der Waals surface area contributed by atoms with Gasteiger partial charge in [0.2, 0.25) is 0 Å². The van der Waals surface area contributed by atoms with Gasteiger partial charge in [-0.2, -0.15) is 0 Å². The molecular formula is C9H12O2S3. The third kappa shape index (κ3) is 2.68. The lowest BCUT2D eigenvalue weighted by Crippen LogP contribution is -1.99. The number of sulfone groups is 1. The fourth-order valence-corrected chi connectivity index (χ4v) is 3.55. The molecule has 1 rings (SSSR count). The van der Waals surface area contributed by atoms with Crippen LogP contribution in [0.15, 0.2) is 32.9 Å². The molecular weight excluding hydrogens is 236 g/mol.